The second-order valence-corrected chi connectivity index (χ2v) is 7.00. The molecule has 1 aromatic carbocycles. The van der Waals surface area contributed by atoms with Crippen LogP contribution in [0, 0.1) is 0 Å². The highest BCUT2D eigenvalue weighted by atomic mass is 35.5. The predicted octanol–water partition coefficient (Wildman–Crippen LogP) is 3.40. The van der Waals surface area contributed by atoms with Crippen molar-refractivity contribution in [3.8, 4) is 0 Å². The molecule has 20 heavy (non-hydrogen) atoms. The molecule has 7 heteroatoms. The van der Waals surface area contributed by atoms with Gasteiger partial charge in [0.15, 0.2) is 9.84 Å². The molecule has 1 heterocycles. The summed E-state index contributed by atoms with van der Waals surface area (Å²) in [6, 6.07) is 6.44. The number of rotatable bonds is 4. The fourth-order valence-electron chi connectivity index (χ4n) is 1.75. The van der Waals surface area contributed by atoms with E-state index in [-0.39, 0.29) is 11.4 Å². The third-order valence-electron chi connectivity index (χ3n) is 2.70. The van der Waals surface area contributed by atoms with Crippen molar-refractivity contribution in [2.24, 2.45) is 0 Å². The van der Waals surface area contributed by atoms with Crippen molar-refractivity contribution in [3.63, 3.8) is 0 Å². The molecule has 0 spiro atoms. The largest absolute Gasteiger partial charge is 0.378 e. The summed E-state index contributed by atoms with van der Waals surface area (Å²) in [5.41, 5.74) is 1.13. The van der Waals surface area contributed by atoms with Crippen LogP contribution in [-0.2, 0) is 16.4 Å². The van der Waals surface area contributed by atoms with Crippen LogP contribution in [0.2, 0.25) is 10.0 Å². The lowest BCUT2D eigenvalue weighted by molar-refractivity contribution is 0.601. The number of sulfone groups is 1. The number of hydrogen-bond donors (Lipinski definition) is 1. The third-order valence-corrected chi connectivity index (χ3v) is 4.56. The van der Waals surface area contributed by atoms with Crippen LogP contribution in [-0.4, -0.2) is 19.7 Å². The fourth-order valence-corrected chi connectivity index (χ4v) is 3.17. The van der Waals surface area contributed by atoms with Gasteiger partial charge in [0.05, 0.1) is 21.8 Å². The molecule has 0 unspecified atom stereocenters. The molecular weight excluding hydrogens is 319 g/mol. The van der Waals surface area contributed by atoms with Gasteiger partial charge in [-0.15, -0.1) is 0 Å². The molecule has 0 saturated carbocycles. The number of aromatic nitrogens is 1. The van der Waals surface area contributed by atoms with Gasteiger partial charge in [0.1, 0.15) is 0 Å². The van der Waals surface area contributed by atoms with E-state index in [2.05, 4.69) is 10.3 Å². The predicted molar refractivity (Wildman–Crippen MR) is 81.1 cm³/mol. The van der Waals surface area contributed by atoms with Crippen molar-refractivity contribution < 1.29 is 8.42 Å². The van der Waals surface area contributed by atoms with E-state index in [9.17, 15) is 8.42 Å². The zero-order chi connectivity index (χ0) is 14.8. The smallest absolute Gasteiger partial charge is 0.175 e. The zero-order valence-corrected chi connectivity index (χ0v) is 12.9. The van der Waals surface area contributed by atoms with Crippen molar-refractivity contribution >= 4 is 38.7 Å². The summed E-state index contributed by atoms with van der Waals surface area (Å²) in [7, 11) is -3.34. The Labute approximate surface area is 127 Å². The first-order valence-electron chi connectivity index (χ1n) is 5.70. The van der Waals surface area contributed by atoms with Gasteiger partial charge in [-0.1, -0.05) is 29.3 Å². The van der Waals surface area contributed by atoms with Crippen LogP contribution in [0.15, 0.2) is 41.6 Å². The molecular formula is C13H12Cl2N2O2S. The van der Waals surface area contributed by atoms with Gasteiger partial charge in [-0.2, -0.15) is 0 Å². The molecule has 0 radical (unpaired) electrons. The molecule has 1 aromatic heterocycles. The first-order chi connectivity index (χ1) is 9.39. The lowest BCUT2D eigenvalue weighted by Gasteiger charge is -2.12. The van der Waals surface area contributed by atoms with Crippen LogP contribution in [0.3, 0.4) is 0 Å². The number of hydrogen-bond acceptors (Lipinski definition) is 4. The van der Waals surface area contributed by atoms with Gasteiger partial charge in [0, 0.05) is 29.6 Å². The standard InChI is InChI=1S/C13H12Cl2N2O2S/c1-20(18,19)13-4-2-3-10(14)9(13)7-17-12-8-16-6-5-11(12)15/h2-6,8,17H,7H2,1H3. The average Bonchev–Trinajstić information content (AvgIpc) is 2.37. The Kier molecular flexibility index (Phi) is 4.52. The number of anilines is 1. The van der Waals surface area contributed by atoms with E-state index in [1.54, 1.807) is 30.6 Å². The molecule has 2 aromatic rings. The number of nitrogens with zero attached hydrogens (tertiary/aromatic N) is 1. The summed E-state index contributed by atoms with van der Waals surface area (Å²) in [6.07, 6.45) is 4.30. The number of benzene rings is 1. The molecule has 0 aliphatic heterocycles. The van der Waals surface area contributed by atoms with Crippen LogP contribution in [0.5, 0.6) is 0 Å². The van der Waals surface area contributed by atoms with Crippen LogP contribution in [0.4, 0.5) is 5.69 Å². The topological polar surface area (TPSA) is 59.1 Å². The molecule has 0 aliphatic carbocycles. The Balaban J connectivity index is 2.33. The van der Waals surface area contributed by atoms with E-state index in [4.69, 9.17) is 23.2 Å². The maximum Gasteiger partial charge on any atom is 0.175 e. The molecule has 0 bridgehead atoms. The average molecular weight is 331 g/mol. The Bertz CT molecular complexity index is 733. The van der Waals surface area contributed by atoms with Gasteiger partial charge < -0.3 is 5.32 Å². The first kappa shape index (κ1) is 15.1. The van der Waals surface area contributed by atoms with Gasteiger partial charge in [0.2, 0.25) is 0 Å². The molecule has 0 aliphatic rings. The second-order valence-electron chi connectivity index (χ2n) is 4.20. The van der Waals surface area contributed by atoms with Crippen molar-refractivity contribution in [2.45, 2.75) is 11.4 Å². The highest BCUT2D eigenvalue weighted by Crippen LogP contribution is 2.26. The second kappa shape index (κ2) is 5.99. The summed E-state index contributed by atoms with van der Waals surface area (Å²) in [5, 5.41) is 3.94. The summed E-state index contributed by atoms with van der Waals surface area (Å²) in [5.74, 6) is 0. The van der Waals surface area contributed by atoms with E-state index < -0.39 is 9.84 Å². The van der Waals surface area contributed by atoms with Gasteiger partial charge in [-0.3, -0.25) is 4.98 Å². The van der Waals surface area contributed by atoms with Crippen LogP contribution in [0.25, 0.3) is 0 Å². The van der Waals surface area contributed by atoms with Crippen LogP contribution >= 0.6 is 23.2 Å². The molecule has 0 amide bonds. The van der Waals surface area contributed by atoms with Crippen LogP contribution < -0.4 is 5.32 Å². The maximum absolute atomic E-state index is 11.8. The SMILES string of the molecule is CS(=O)(=O)c1cccc(Cl)c1CNc1cnccc1Cl. The Morgan fingerprint density at radius 3 is 2.60 bits per heavy atom. The summed E-state index contributed by atoms with van der Waals surface area (Å²) in [6.45, 7) is 0.244. The quantitative estimate of drug-likeness (QED) is 0.933. The van der Waals surface area contributed by atoms with Gasteiger partial charge >= 0.3 is 0 Å². The minimum absolute atomic E-state index is 0.206. The molecule has 0 saturated heterocycles. The van der Waals surface area contributed by atoms with E-state index in [0.717, 1.165) is 6.26 Å². The molecule has 106 valence electrons. The molecule has 0 fully saturated rings. The Hall–Kier alpha value is -1.30. The Morgan fingerprint density at radius 1 is 1.20 bits per heavy atom. The maximum atomic E-state index is 11.8. The van der Waals surface area contributed by atoms with Gasteiger partial charge in [-0.25, -0.2) is 8.42 Å². The third kappa shape index (κ3) is 3.42. The summed E-state index contributed by atoms with van der Waals surface area (Å²) in [4.78, 5) is 4.16. The molecule has 0 atom stereocenters. The van der Waals surface area contributed by atoms with E-state index in [0.29, 0.717) is 21.3 Å². The lowest BCUT2D eigenvalue weighted by Crippen LogP contribution is -2.08. The van der Waals surface area contributed by atoms with Gasteiger partial charge in [0.25, 0.3) is 0 Å². The number of nitrogens with one attached hydrogen (secondary N) is 1. The minimum atomic E-state index is -3.34. The Morgan fingerprint density at radius 2 is 1.95 bits per heavy atom. The fraction of sp³-hybridized carbons (Fsp3) is 0.154. The van der Waals surface area contributed by atoms with Gasteiger partial charge in [-0.05, 0) is 18.2 Å². The van der Waals surface area contributed by atoms with Crippen molar-refractivity contribution in [3.05, 3.63) is 52.3 Å². The van der Waals surface area contributed by atoms with E-state index in [1.807, 2.05) is 0 Å². The normalized spacial score (nSPS) is 11.3. The van der Waals surface area contributed by atoms with E-state index in [1.165, 1.54) is 6.07 Å². The number of halogens is 2. The van der Waals surface area contributed by atoms with Crippen molar-refractivity contribution in [1.82, 2.24) is 4.98 Å². The summed E-state index contributed by atoms with van der Waals surface area (Å²) >= 11 is 12.1. The number of pyridine rings is 1. The van der Waals surface area contributed by atoms with E-state index >= 15 is 0 Å². The van der Waals surface area contributed by atoms with Crippen molar-refractivity contribution in [2.75, 3.05) is 11.6 Å². The molecule has 1 N–H and O–H groups in total. The summed E-state index contributed by atoms with van der Waals surface area (Å²) < 4.78 is 23.5. The molecule has 2 rings (SSSR count). The first-order valence-corrected chi connectivity index (χ1v) is 8.35. The lowest BCUT2D eigenvalue weighted by atomic mass is 10.2. The van der Waals surface area contributed by atoms with Crippen LogP contribution in [0.1, 0.15) is 5.56 Å². The molecule has 4 nitrogen and oxygen atoms in total. The highest BCUT2D eigenvalue weighted by Gasteiger charge is 2.15. The van der Waals surface area contributed by atoms with Crippen molar-refractivity contribution in [1.29, 1.82) is 0 Å². The zero-order valence-electron chi connectivity index (χ0n) is 10.6. The minimum Gasteiger partial charge on any atom is -0.378 e. The highest BCUT2D eigenvalue weighted by molar-refractivity contribution is 7.90. The monoisotopic (exact) mass is 330 g/mol.